The Balaban J connectivity index is 1.95. The number of hydrogen-bond acceptors (Lipinski definition) is 4. The van der Waals surface area contributed by atoms with Gasteiger partial charge in [-0.05, 0) is 50.3 Å². The molecule has 0 unspecified atom stereocenters. The summed E-state index contributed by atoms with van der Waals surface area (Å²) in [6.07, 6.45) is 4.90. The number of hydrogen-bond donors (Lipinski definition) is 0. The number of allylic oxidation sites excluding steroid dienone is 1. The molecule has 0 amide bonds. The minimum Gasteiger partial charge on any atom is -0.422 e. The maximum Gasteiger partial charge on any atom is 0.347 e. The number of carbonyl (C=O) groups is 1. The Labute approximate surface area is 146 Å². The van der Waals surface area contributed by atoms with Crippen molar-refractivity contribution in [3.63, 3.8) is 0 Å². The van der Waals surface area contributed by atoms with Gasteiger partial charge in [0.1, 0.15) is 11.1 Å². The van der Waals surface area contributed by atoms with Gasteiger partial charge in [0.15, 0.2) is 5.78 Å². The van der Waals surface area contributed by atoms with E-state index in [0.29, 0.717) is 11.0 Å². The highest BCUT2D eigenvalue weighted by Gasteiger charge is 2.12. The average molecular weight is 387 g/mol. The van der Waals surface area contributed by atoms with Gasteiger partial charge in [0.25, 0.3) is 0 Å². The second-order valence-electron chi connectivity index (χ2n) is 5.35. The Hall–Kier alpha value is -2.47. The molecule has 0 bridgehead atoms. The highest BCUT2D eigenvalue weighted by atomic mass is 79.9. The molecular weight excluding hydrogens is 372 g/mol. The van der Waals surface area contributed by atoms with Crippen molar-refractivity contribution in [2.24, 2.45) is 0 Å². The lowest BCUT2D eigenvalue weighted by atomic mass is 10.1. The molecule has 3 aromatic rings. The number of nitrogens with zero attached hydrogens (tertiary/aromatic N) is 2. The van der Waals surface area contributed by atoms with Crippen LogP contribution in [0.4, 0.5) is 0 Å². The molecule has 0 fully saturated rings. The van der Waals surface area contributed by atoms with E-state index < -0.39 is 11.4 Å². The van der Waals surface area contributed by atoms with Gasteiger partial charge >= 0.3 is 5.63 Å². The van der Waals surface area contributed by atoms with Crippen LogP contribution in [0.25, 0.3) is 17.0 Å². The van der Waals surface area contributed by atoms with Crippen molar-refractivity contribution in [2.75, 3.05) is 0 Å². The van der Waals surface area contributed by atoms with Crippen LogP contribution >= 0.6 is 15.9 Å². The predicted molar refractivity (Wildman–Crippen MR) is 96.2 cm³/mol. The van der Waals surface area contributed by atoms with Gasteiger partial charge in [-0.1, -0.05) is 15.9 Å². The number of aromatic nitrogens is 2. The van der Waals surface area contributed by atoms with E-state index in [4.69, 9.17) is 4.42 Å². The summed E-state index contributed by atoms with van der Waals surface area (Å²) in [5.74, 6) is -0.394. The molecule has 3 rings (SSSR count). The number of halogens is 1. The molecule has 0 atom stereocenters. The Morgan fingerprint density at radius 2 is 2.17 bits per heavy atom. The first-order valence-corrected chi connectivity index (χ1v) is 8.27. The van der Waals surface area contributed by atoms with E-state index >= 15 is 0 Å². The maximum atomic E-state index is 12.4. The zero-order chi connectivity index (χ0) is 17.3. The molecule has 0 saturated heterocycles. The van der Waals surface area contributed by atoms with Crippen molar-refractivity contribution in [2.45, 2.75) is 20.4 Å². The van der Waals surface area contributed by atoms with Crippen LogP contribution in [0.2, 0.25) is 0 Å². The molecule has 1 aromatic carbocycles. The molecule has 2 heterocycles. The Morgan fingerprint density at radius 1 is 1.38 bits per heavy atom. The molecule has 0 aliphatic rings. The molecular formula is C18H15BrN2O3. The predicted octanol–water partition coefficient (Wildman–Crippen LogP) is 3.98. The third-order valence-corrected chi connectivity index (χ3v) is 4.18. The number of rotatable bonds is 4. The number of benzene rings is 1. The zero-order valence-electron chi connectivity index (χ0n) is 13.2. The summed E-state index contributed by atoms with van der Waals surface area (Å²) in [5, 5.41) is 5.01. The van der Waals surface area contributed by atoms with Crippen molar-refractivity contribution in [3.8, 4) is 0 Å². The molecule has 0 spiro atoms. The monoisotopic (exact) mass is 386 g/mol. The van der Waals surface area contributed by atoms with E-state index in [9.17, 15) is 9.59 Å². The highest BCUT2D eigenvalue weighted by molar-refractivity contribution is 9.10. The van der Waals surface area contributed by atoms with Crippen molar-refractivity contribution in [1.29, 1.82) is 0 Å². The van der Waals surface area contributed by atoms with Crippen LogP contribution in [-0.2, 0) is 6.54 Å². The molecule has 6 heteroatoms. The number of fused-ring (bicyclic) bond motifs is 1. The quantitative estimate of drug-likeness (QED) is 0.386. The average Bonchev–Trinajstić information content (AvgIpc) is 2.92. The van der Waals surface area contributed by atoms with Crippen molar-refractivity contribution in [1.82, 2.24) is 9.78 Å². The normalized spacial score (nSPS) is 11.5. The van der Waals surface area contributed by atoms with Gasteiger partial charge in [0.2, 0.25) is 0 Å². The first kappa shape index (κ1) is 16.4. The minimum absolute atomic E-state index is 0.0115. The van der Waals surface area contributed by atoms with Crippen LogP contribution in [0.1, 0.15) is 28.5 Å². The second kappa shape index (κ2) is 6.57. The topological polar surface area (TPSA) is 65.1 Å². The first-order valence-electron chi connectivity index (χ1n) is 7.48. The van der Waals surface area contributed by atoms with Gasteiger partial charge in [-0.25, -0.2) is 4.79 Å². The lowest BCUT2D eigenvalue weighted by Gasteiger charge is -2.00. The van der Waals surface area contributed by atoms with Crippen LogP contribution in [-0.4, -0.2) is 15.6 Å². The highest BCUT2D eigenvalue weighted by Crippen LogP contribution is 2.19. The number of ketones is 1. The fourth-order valence-electron chi connectivity index (χ4n) is 2.38. The molecule has 0 radical (unpaired) electrons. The SMILES string of the molecule is CCn1cc(C=CC(=O)c2cc3cc(Br)ccc3oc2=O)c(C)n1. The molecule has 122 valence electrons. The van der Waals surface area contributed by atoms with E-state index in [1.54, 1.807) is 35.0 Å². The van der Waals surface area contributed by atoms with Gasteiger partial charge in [-0.2, -0.15) is 5.10 Å². The van der Waals surface area contributed by atoms with Crippen molar-refractivity contribution >= 4 is 38.8 Å². The largest absolute Gasteiger partial charge is 0.422 e. The summed E-state index contributed by atoms with van der Waals surface area (Å²) < 4.78 is 7.86. The standard InChI is InChI=1S/C18H15BrN2O3/c1-3-21-10-12(11(2)20-21)4-6-16(22)15-9-13-8-14(19)5-7-17(13)24-18(15)23/h4-10H,3H2,1-2H3. The molecule has 0 saturated carbocycles. The lowest BCUT2D eigenvalue weighted by Crippen LogP contribution is -2.11. The number of aryl methyl sites for hydroxylation is 2. The maximum absolute atomic E-state index is 12.4. The Kier molecular flexibility index (Phi) is 4.49. The molecule has 2 aromatic heterocycles. The third kappa shape index (κ3) is 3.23. The summed E-state index contributed by atoms with van der Waals surface area (Å²) in [5.41, 5.74) is 1.50. The molecule has 0 aliphatic heterocycles. The van der Waals surface area contributed by atoms with Crippen LogP contribution < -0.4 is 5.63 Å². The van der Waals surface area contributed by atoms with Gasteiger partial charge in [0, 0.05) is 28.2 Å². The fourth-order valence-corrected chi connectivity index (χ4v) is 2.76. The smallest absolute Gasteiger partial charge is 0.347 e. The molecule has 0 aliphatic carbocycles. The van der Waals surface area contributed by atoms with Crippen LogP contribution in [0.3, 0.4) is 0 Å². The summed E-state index contributed by atoms with van der Waals surface area (Å²) in [6.45, 7) is 4.62. The summed E-state index contributed by atoms with van der Waals surface area (Å²) in [4.78, 5) is 24.4. The van der Waals surface area contributed by atoms with Gasteiger partial charge in [-0.3, -0.25) is 9.48 Å². The summed E-state index contributed by atoms with van der Waals surface area (Å²) >= 11 is 3.36. The first-order chi connectivity index (χ1) is 11.5. The van der Waals surface area contributed by atoms with Crippen LogP contribution in [0.15, 0.2) is 50.2 Å². The fraction of sp³-hybridized carbons (Fsp3) is 0.167. The molecule has 24 heavy (non-hydrogen) atoms. The Morgan fingerprint density at radius 3 is 2.88 bits per heavy atom. The van der Waals surface area contributed by atoms with E-state index in [-0.39, 0.29) is 5.56 Å². The van der Waals surface area contributed by atoms with E-state index in [0.717, 1.165) is 22.3 Å². The third-order valence-electron chi connectivity index (χ3n) is 3.68. The molecule has 5 nitrogen and oxygen atoms in total. The minimum atomic E-state index is -0.638. The van der Waals surface area contributed by atoms with Gasteiger partial charge < -0.3 is 4.42 Å². The van der Waals surface area contributed by atoms with Crippen LogP contribution in [0, 0.1) is 6.92 Å². The second-order valence-corrected chi connectivity index (χ2v) is 6.27. The van der Waals surface area contributed by atoms with Crippen LogP contribution in [0.5, 0.6) is 0 Å². The van der Waals surface area contributed by atoms with E-state index in [1.165, 1.54) is 6.08 Å². The Bertz CT molecular complexity index is 1010. The van der Waals surface area contributed by atoms with Gasteiger partial charge in [0.05, 0.1) is 5.69 Å². The summed E-state index contributed by atoms with van der Waals surface area (Å²) in [7, 11) is 0. The summed E-state index contributed by atoms with van der Waals surface area (Å²) in [6, 6.07) is 6.82. The van der Waals surface area contributed by atoms with Crippen molar-refractivity contribution < 1.29 is 9.21 Å². The van der Waals surface area contributed by atoms with E-state index in [1.807, 2.05) is 20.0 Å². The lowest BCUT2D eigenvalue weighted by molar-refractivity contribution is 0.104. The van der Waals surface area contributed by atoms with Crippen molar-refractivity contribution in [3.05, 3.63) is 68.3 Å². The molecule has 0 N–H and O–H groups in total. The van der Waals surface area contributed by atoms with E-state index in [2.05, 4.69) is 21.0 Å². The zero-order valence-corrected chi connectivity index (χ0v) is 14.8. The van der Waals surface area contributed by atoms with Gasteiger partial charge in [-0.15, -0.1) is 0 Å². The number of carbonyl (C=O) groups excluding carboxylic acids is 1.